The first-order valence-corrected chi connectivity index (χ1v) is 7.30. The average molecular weight is 349 g/mol. The molecule has 0 spiro atoms. The van der Waals surface area contributed by atoms with Gasteiger partial charge in [-0.3, -0.25) is 4.79 Å². The molecule has 0 fully saturated rings. The number of carbonyl (C=O) groups is 1. The third kappa shape index (κ3) is 3.98. The maximum absolute atomic E-state index is 12.0. The molecule has 2 rings (SSSR count). The van der Waals surface area contributed by atoms with Crippen LogP contribution < -0.4 is 15.8 Å². The van der Waals surface area contributed by atoms with E-state index in [2.05, 4.69) is 21.2 Å². The van der Waals surface area contributed by atoms with Gasteiger partial charge < -0.3 is 15.8 Å². The fourth-order valence-corrected chi connectivity index (χ4v) is 2.64. The SMILES string of the molecule is Cc1ccccc1OCC(=O)Nc1c(C)cc(N)cc1Br. The van der Waals surface area contributed by atoms with Crippen LogP contribution in [0.1, 0.15) is 11.1 Å². The molecule has 0 aliphatic rings. The Hall–Kier alpha value is -2.01. The predicted octanol–water partition coefficient (Wildman–Crippen LogP) is 3.67. The van der Waals surface area contributed by atoms with Crippen LogP contribution >= 0.6 is 15.9 Å². The van der Waals surface area contributed by atoms with E-state index in [0.717, 1.165) is 15.6 Å². The first-order chi connectivity index (χ1) is 9.97. The number of ether oxygens (including phenoxy) is 1. The van der Waals surface area contributed by atoms with Crippen molar-refractivity contribution in [2.75, 3.05) is 17.7 Å². The molecule has 0 aliphatic heterocycles. The van der Waals surface area contributed by atoms with Crippen LogP contribution in [-0.4, -0.2) is 12.5 Å². The molecular formula is C16H17BrN2O2. The minimum Gasteiger partial charge on any atom is -0.483 e. The van der Waals surface area contributed by atoms with Crippen LogP contribution in [-0.2, 0) is 4.79 Å². The van der Waals surface area contributed by atoms with E-state index in [0.29, 0.717) is 17.1 Å². The van der Waals surface area contributed by atoms with Crippen LogP contribution in [0.3, 0.4) is 0 Å². The number of anilines is 2. The number of hydrogen-bond donors (Lipinski definition) is 2. The Bertz CT molecular complexity index is 648. The molecule has 0 aliphatic carbocycles. The number of rotatable bonds is 4. The van der Waals surface area contributed by atoms with Crippen molar-refractivity contribution in [2.24, 2.45) is 0 Å². The zero-order valence-electron chi connectivity index (χ0n) is 11.9. The second-order valence-corrected chi connectivity index (χ2v) is 5.65. The predicted molar refractivity (Wildman–Crippen MR) is 88.6 cm³/mol. The minimum absolute atomic E-state index is 0.0406. The summed E-state index contributed by atoms with van der Waals surface area (Å²) < 4.78 is 6.28. The first kappa shape index (κ1) is 15.4. The van der Waals surface area contributed by atoms with E-state index in [1.165, 1.54) is 0 Å². The van der Waals surface area contributed by atoms with Gasteiger partial charge in [0.15, 0.2) is 6.61 Å². The highest BCUT2D eigenvalue weighted by atomic mass is 79.9. The molecule has 21 heavy (non-hydrogen) atoms. The summed E-state index contributed by atoms with van der Waals surface area (Å²) in [6, 6.07) is 11.1. The van der Waals surface area contributed by atoms with Gasteiger partial charge in [-0.1, -0.05) is 18.2 Å². The van der Waals surface area contributed by atoms with Crippen molar-refractivity contribution in [1.82, 2.24) is 0 Å². The maximum Gasteiger partial charge on any atom is 0.262 e. The number of nitrogens with two attached hydrogens (primary N) is 1. The van der Waals surface area contributed by atoms with Gasteiger partial charge in [-0.05, 0) is 59.1 Å². The number of aryl methyl sites for hydroxylation is 2. The topological polar surface area (TPSA) is 64.3 Å². The lowest BCUT2D eigenvalue weighted by atomic mass is 10.2. The number of benzene rings is 2. The van der Waals surface area contributed by atoms with Gasteiger partial charge >= 0.3 is 0 Å². The Morgan fingerprint density at radius 3 is 2.62 bits per heavy atom. The van der Waals surface area contributed by atoms with E-state index < -0.39 is 0 Å². The molecule has 0 aromatic heterocycles. The zero-order chi connectivity index (χ0) is 15.4. The van der Waals surface area contributed by atoms with Gasteiger partial charge in [0.1, 0.15) is 5.75 Å². The van der Waals surface area contributed by atoms with Crippen molar-refractivity contribution in [3.8, 4) is 5.75 Å². The second kappa shape index (κ2) is 6.63. The molecule has 110 valence electrons. The summed E-state index contributed by atoms with van der Waals surface area (Å²) in [5, 5.41) is 2.83. The van der Waals surface area contributed by atoms with Gasteiger partial charge in [-0.25, -0.2) is 0 Å². The molecule has 1 amide bonds. The molecule has 2 aromatic carbocycles. The van der Waals surface area contributed by atoms with Crippen molar-refractivity contribution in [3.63, 3.8) is 0 Å². The van der Waals surface area contributed by atoms with Gasteiger partial charge in [-0.15, -0.1) is 0 Å². The van der Waals surface area contributed by atoms with E-state index in [1.54, 1.807) is 6.07 Å². The van der Waals surface area contributed by atoms with Gasteiger partial charge in [0.25, 0.3) is 5.91 Å². The molecule has 0 heterocycles. The molecule has 0 unspecified atom stereocenters. The minimum atomic E-state index is -0.216. The quantitative estimate of drug-likeness (QED) is 0.828. The molecule has 2 aromatic rings. The van der Waals surface area contributed by atoms with E-state index in [1.807, 2.05) is 44.2 Å². The average Bonchev–Trinajstić information content (AvgIpc) is 2.42. The Labute approximate surface area is 132 Å². The molecular weight excluding hydrogens is 332 g/mol. The smallest absolute Gasteiger partial charge is 0.262 e. The summed E-state index contributed by atoms with van der Waals surface area (Å²) in [6.45, 7) is 3.79. The van der Waals surface area contributed by atoms with Crippen molar-refractivity contribution >= 4 is 33.2 Å². The van der Waals surface area contributed by atoms with Crippen LogP contribution in [0.5, 0.6) is 5.75 Å². The Morgan fingerprint density at radius 2 is 1.95 bits per heavy atom. The molecule has 5 heteroatoms. The standard InChI is InChI=1S/C16H17BrN2O2/c1-10-5-3-4-6-14(10)21-9-15(20)19-16-11(2)7-12(18)8-13(16)17/h3-8H,9,18H2,1-2H3,(H,19,20). The zero-order valence-corrected chi connectivity index (χ0v) is 13.5. The first-order valence-electron chi connectivity index (χ1n) is 6.51. The third-order valence-corrected chi connectivity index (χ3v) is 3.65. The van der Waals surface area contributed by atoms with E-state index in [9.17, 15) is 4.79 Å². The summed E-state index contributed by atoms with van der Waals surface area (Å²) in [7, 11) is 0. The lowest BCUT2D eigenvalue weighted by molar-refractivity contribution is -0.118. The lowest BCUT2D eigenvalue weighted by Crippen LogP contribution is -2.21. The number of amides is 1. The number of halogens is 1. The molecule has 0 bridgehead atoms. The van der Waals surface area contributed by atoms with Crippen molar-refractivity contribution in [3.05, 3.63) is 52.0 Å². The summed E-state index contributed by atoms with van der Waals surface area (Å²) in [5.74, 6) is 0.493. The monoisotopic (exact) mass is 348 g/mol. The Balaban J connectivity index is 2.01. The van der Waals surface area contributed by atoms with Crippen molar-refractivity contribution in [1.29, 1.82) is 0 Å². The van der Waals surface area contributed by atoms with Crippen molar-refractivity contribution in [2.45, 2.75) is 13.8 Å². The molecule has 4 nitrogen and oxygen atoms in total. The molecule has 0 radical (unpaired) electrons. The number of para-hydroxylation sites is 1. The van der Waals surface area contributed by atoms with Gasteiger partial charge in [-0.2, -0.15) is 0 Å². The van der Waals surface area contributed by atoms with Gasteiger partial charge in [0, 0.05) is 10.2 Å². The van der Waals surface area contributed by atoms with Crippen LogP contribution in [0, 0.1) is 13.8 Å². The maximum atomic E-state index is 12.0. The largest absolute Gasteiger partial charge is 0.483 e. The van der Waals surface area contributed by atoms with Crippen LogP contribution in [0.15, 0.2) is 40.9 Å². The fraction of sp³-hybridized carbons (Fsp3) is 0.188. The van der Waals surface area contributed by atoms with Crippen molar-refractivity contribution < 1.29 is 9.53 Å². The highest BCUT2D eigenvalue weighted by Gasteiger charge is 2.10. The van der Waals surface area contributed by atoms with E-state index in [4.69, 9.17) is 10.5 Å². The highest BCUT2D eigenvalue weighted by molar-refractivity contribution is 9.10. The number of hydrogen-bond acceptors (Lipinski definition) is 3. The Kier molecular flexibility index (Phi) is 4.85. The second-order valence-electron chi connectivity index (χ2n) is 4.80. The molecule has 3 N–H and O–H groups in total. The molecule has 0 saturated carbocycles. The molecule has 0 atom stereocenters. The van der Waals surface area contributed by atoms with E-state index >= 15 is 0 Å². The summed E-state index contributed by atoms with van der Waals surface area (Å²) in [4.78, 5) is 12.0. The summed E-state index contributed by atoms with van der Waals surface area (Å²) in [5.41, 5.74) is 8.99. The van der Waals surface area contributed by atoms with Gasteiger partial charge in [0.2, 0.25) is 0 Å². The van der Waals surface area contributed by atoms with Crippen LogP contribution in [0.4, 0.5) is 11.4 Å². The van der Waals surface area contributed by atoms with Gasteiger partial charge in [0.05, 0.1) is 5.69 Å². The fourth-order valence-electron chi connectivity index (χ4n) is 1.97. The normalized spacial score (nSPS) is 10.2. The Morgan fingerprint density at radius 1 is 1.24 bits per heavy atom. The molecule has 0 saturated heterocycles. The van der Waals surface area contributed by atoms with E-state index in [-0.39, 0.29) is 12.5 Å². The van der Waals surface area contributed by atoms with Crippen LogP contribution in [0.25, 0.3) is 0 Å². The third-order valence-electron chi connectivity index (χ3n) is 3.03. The number of nitrogen functional groups attached to an aromatic ring is 1. The summed E-state index contributed by atoms with van der Waals surface area (Å²) >= 11 is 3.40. The summed E-state index contributed by atoms with van der Waals surface area (Å²) in [6.07, 6.45) is 0. The lowest BCUT2D eigenvalue weighted by Gasteiger charge is -2.13. The van der Waals surface area contributed by atoms with Crippen LogP contribution in [0.2, 0.25) is 0 Å². The number of nitrogens with one attached hydrogen (secondary N) is 1. The highest BCUT2D eigenvalue weighted by Crippen LogP contribution is 2.29. The number of carbonyl (C=O) groups excluding carboxylic acids is 1.